The number of rotatable bonds is 5. The molecule has 2 rings (SSSR count). The van der Waals surface area contributed by atoms with Gasteiger partial charge in [0.25, 0.3) is 6.85 Å². The largest absolute Gasteiger partial charge is 0.348 e. The normalized spacial score (nSPS) is 10.2. The van der Waals surface area contributed by atoms with Crippen LogP contribution in [0.2, 0.25) is 0 Å². The summed E-state index contributed by atoms with van der Waals surface area (Å²) in [6.07, 6.45) is 1.15. The fourth-order valence-electron chi connectivity index (χ4n) is 2.01. The van der Waals surface area contributed by atoms with Crippen molar-refractivity contribution in [2.75, 3.05) is 6.54 Å². The quantitative estimate of drug-likeness (QED) is 0.762. The van der Waals surface area contributed by atoms with Gasteiger partial charge in [0.1, 0.15) is 0 Å². The minimum absolute atomic E-state index is 0.303. The Hall–Kier alpha value is -1.54. The molecule has 17 heavy (non-hydrogen) atoms. The molecule has 0 heterocycles. The van der Waals surface area contributed by atoms with Crippen molar-refractivity contribution in [3.8, 4) is 0 Å². The van der Waals surface area contributed by atoms with Crippen LogP contribution in [0.1, 0.15) is 13.3 Å². The van der Waals surface area contributed by atoms with Crippen LogP contribution in [-0.4, -0.2) is 13.4 Å². The lowest BCUT2D eigenvalue weighted by Gasteiger charge is -2.15. The van der Waals surface area contributed by atoms with E-state index in [1.54, 1.807) is 0 Å². The lowest BCUT2D eigenvalue weighted by Crippen LogP contribution is -2.54. The first-order chi connectivity index (χ1) is 8.42. The SMILES string of the molecule is CCCNB(c1ccccc1)c1ccccc1. The minimum atomic E-state index is 0.303. The highest BCUT2D eigenvalue weighted by atomic mass is 14.8. The molecule has 0 aliphatic rings. The van der Waals surface area contributed by atoms with Crippen LogP contribution in [-0.2, 0) is 0 Å². The van der Waals surface area contributed by atoms with Gasteiger partial charge in [-0.15, -0.1) is 0 Å². The first kappa shape index (κ1) is 11.9. The van der Waals surface area contributed by atoms with E-state index in [0.717, 1.165) is 13.0 Å². The van der Waals surface area contributed by atoms with E-state index in [1.807, 2.05) is 0 Å². The van der Waals surface area contributed by atoms with Gasteiger partial charge in [0.2, 0.25) is 0 Å². The third-order valence-electron chi connectivity index (χ3n) is 2.86. The van der Waals surface area contributed by atoms with Crippen molar-refractivity contribution in [2.45, 2.75) is 13.3 Å². The van der Waals surface area contributed by atoms with E-state index in [9.17, 15) is 0 Å². The molecule has 2 aromatic rings. The van der Waals surface area contributed by atoms with Crippen LogP contribution >= 0.6 is 0 Å². The zero-order valence-corrected chi connectivity index (χ0v) is 10.3. The summed E-state index contributed by atoms with van der Waals surface area (Å²) in [4.78, 5) is 0. The number of hydrogen-bond donors (Lipinski definition) is 1. The van der Waals surface area contributed by atoms with Gasteiger partial charge < -0.3 is 5.23 Å². The van der Waals surface area contributed by atoms with Gasteiger partial charge in [-0.05, 0) is 13.0 Å². The van der Waals surface area contributed by atoms with Crippen molar-refractivity contribution >= 4 is 17.8 Å². The van der Waals surface area contributed by atoms with Crippen molar-refractivity contribution in [3.63, 3.8) is 0 Å². The number of benzene rings is 2. The van der Waals surface area contributed by atoms with Gasteiger partial charge in [-0.2, -0.15) is 0 Å². The van der Waals surface area contributed by atoms with E-state index in [1.165, 1.54) is 10.9 Å². The second-order valence-corrected chi connectivity index (χ2v) is 4.21. The van der Waals surface area contributed by atoms with Crippen molar-refractivity contribution in [3.05, 3.63) is 60.7 Å². The lowest BCUT2D eigenvalue weighted by atomic mass is 9.51. The predicted molar refractivity (Wildman–Crippen MR) is 76.2 cm³/mol. The number of nitrogens with one attached hydrogen (secondary N) is 1. The Morgan fingerprint density at radius 1 is 0.824 bits per heavy atom. The third-order valence-corrected chi connectivity index (χ3v) is 2.86. The van der Waals surface area contributed by atoms with Crippen molar-refractivity contribution in [1.82, 2.24) is 5.23 Å². The Morgan fingerprint density at radius 2 is 1.29 bits per heavy atom. The summed E-state index contributed by atoms with van der Waals surface area (Å²) < 4.78 is 0. The molecule has 0 fully saturated rings. The van der Waals surface area contributed by atoms with Crippen LogP contribution in [0.5, 0.6) is 0 Å². The molecule has 2 heteroatoms. The summed E-state index contributed by atoms with van der Waals surface area (Å²) in [5.74, 6) is 0. The molecule has 2 aromatic carbocycles. The molecule has 0 aliphatic heterocycles. The Morgan fingerprint density at radius 3 is 1.71 bits per heavy atom. The maximum Gasteiger partial charge on any atom is 0.289 e. The van der Waals surface area contributed by atoms with Gasteiger partial charge in [-0.25, -0.2) is 0 Å². The Bertz CT molecular complexity index is 388. The van der Waals surface area contributed by atoms with Gasteiger partial charge in [0, 0.05) is 0 Å². The smallest absolute Gasteiger partial charge is 0.289 e. The maximum absolute atomic E-state index is 3.60. The van der Waals surface area contributed by atoms with E-state index in [0.29, 0.717) is 6.85 Å². The summed E-state index contributed by atoms with van der Waals surface area (Å²) in [5.41, 5.74) is 2.65. The van der Waals surface area contributed by atoms with Crippen molar-refractivity contribution in [2.24, 2.45) is 0 Å². The fourth-order valence-corrected chi connectivity index (χ4v) is 2.01. The second kappa shape index (κ2) is 6.26. The average molecular weight is 223 g/mol. The van der Waals surface area contributed by atoms with Crippen LogP contribution in [0.3, 0.4) is 0 Å². The van der Waals surface area contributed by atoms with Crippen LogP contribution in [0.25, 0.3) is 0 Å². The van der Waals surface area contributed by atoms with Gasteiger partial charge in [0.05, 0.1) is 0 Å². The summed E-state index contributed by atoms with van der Waals surface area (Å²) >= 11 is 0. The molecule has 0 atom stereocenters. The highest BCUT2D eigenvalue weighted by molar-refractivity contribution is 6.83. The lowest BCUT2D eigenvalue weighted by molar-refractivity contribution is 0.858. The molecule has 0 bridgehead atoms. The highest BCUT2D eigenvalue weighted by Gasteiger charge is 2.17. The molecule has 1 nitrogen and oxygen atoms in total. The molecule has 0 amide bonds. The standard InChI is InChI=1S/C15H18BN/c1-2-13-17-16(14-9-5-3-6-10-14)15-11-7-4-8-12-15/h3-12,17H,2,13H2,1H3. The van der Waals surface area contributed by atoms with E-state index >= 15 is 0 Å². The Labute approximate surface area is 104 Å². The Kier molecular flexibility index (Phi) is 4.40. The highest BCUT2D eigenvalue weighted by Crippen LogP contribution is 1.91. The maximum atomic E-state index is 3.60. The summed E-state index contributed by atoms with van der Waals surface area (Å²) in [7, 11) is 0. The van der Waals surface area contributed by atoms with E-state index < -0.39 is 0 Å². The zero-order valence-electron chi connectivity index (χ0n) is 10.3. The van der Waals surface area contributed by atoms with E-state index in [2.05, 4.69) is 72.8 Å². The molecule has 0 aromatic heterocycles. The molecular formula is C15H18BN. The third kappa shape index (κ3) is 3.21. The first-order valence-corrected chi connectivity index (χ1v) is 6.25. The summed E-state index contributed by atoms with van der Waals surface area (Å²) in [5, 5.41) is 3.60. The molecule has 0 unspecified atom stereocenters. The van der Waals surface area contributed by atoms with Gasteiger partial charge in [-0.3, -0.25) is 0 Å². The molecule has 1 N–H and O–H groups in total. The fraction of sp³-hybridized carbons (Fsp3) is 0.200. The van der Waals surface area contributed by atoms with Gasteiger partial charge in [0.15, 0.2) is 0 Å². The summed E-state index contributed by atoms with van der Waals surface area (Å²) in [6.45, 7) is 3.53. The van der Waals surface area contributed by atoms with E-state index in [-0.39, 0.29) is 0 Å². The van der Waals surface area contributed by atoms with Gasteiger partial charge >= 0.3 is 0 Å². The van der Waals surface area contributed by atoms with Crippen molar-refractivity contribution < 1.29 is 0 Å². The first-order valence-electron chi connectivity index (χ1n) is 6.25. The molecule has 86 valence electrons. The minimum Gasteiger partial charge on any atom is -0.348 e. The Balaban J connectivity index is 2.26. The van der Waals surface area contributed by atoms with Crippen molar-refractivity contribution in [1.29, 1.82) is 0 Å². The average Bonchev–Trinajstić information content (AvgIpc) is 2.42. The predicted octanol–water partition coefficient (Wildman–Crippen LogP) is 1.79. The van der Waals surface area contributed by atoms with Crippen LogP contribution in [0.15, 0.2) is 60.7 Å². The second-order valence-electron chi connectivity index (χ2n) is 4.21. The molecule has 0 aliphatic carbocycles. The van der Waals surface area contributed by atoms with Crippen LogP contribution < -0.4 is 16.2 Å². The van der Waals surface area contributed by atoms with Gasteiger partial charge in [-0.1, -0.05) is 78.5 Å². The van der Waals surface area contributed by atoms with E-state index in [4.69, 9.17) is 0 Å². The molecule has 0 spiro atoms. The van der Waals surface area contributed by atoms with Crippen LogP contribution in [0.4, 0.5) is 0 Å². The number of hydrogen-bond acceptors (Lipinski definition) is 1. The molecule has 0 saturated heterocycles. The van der Waals surface area contributed by atoms with Crippen LogP contribution in [0, 0.1) is 0 Å². The summed E-state index contributed by atoms with van der Waals surface area (Å²) in [6, 6.07) is 21.2. The molecule has 0 radical (unpaired) electrons. The topological polar surface area (TPSA) is 12.0 Å². The monoisotopic (exact) mass is 223 g/mol. The zero-order chi connectivity index (χ0) is 11.9. The molecule has 0 saturated carbocycles. The molecular weight excluding hydrogens is 205 g/mol.